The van der Waals surface area contributed by atoms with Crippen LogP contribution in [0.25, 0.3) is 11.0 Å². The summed E-state index contributed by atoms with van der Waals surface area (Å²) < 4.78 is 24.6. The highest BCUT2D eigenvalue weighted by molar-refractivity contribution is 7.79. The van der Waals surface area contributed by atoms with E-state index in [0.717, 1.165) is 0 Å². The standard InChI is InChI=1S/C8H4Cl2O3S/c9-5-1-2-6-4(8(5)10)3-7(13-6)14(11)12/h1-3H,(H,11,12). The van der Waals surface area contributed by atoms with Gasteiger partial charge in [-0.3, -0.25) is 4.55 Å². The predicted octanol–water partition coefficient (Wildman–Crippen LogP) is 3.32. The molecule has 2 rings (SSSR count). The van der Waals surface area contributed by atoms with E-state index in [0.29, 0.717) is 21.0 Å². The Bertz CT molecular complexity index is 521. The van der Waals surface area contributed by atoms with Crippen LogP contribution in [0.15, 0.2) is 27.7 Å². The minimum absolute atomic E-state index is 0.0378. The maximum atomic E-state index is 10.7. The highest BCUT2D eigenvalue weighted by atomic mass is 35.5. The molecule has 14 heavy (non-hydrogen) atoms. The van der Waals surface area contributed by atoms with Crippen LogP contribution in [0.5, 0.6) is 0 Å². The molecule has 0 aliphatic carbocycles. The lowest BCUT2D eigenvalue weighted by molar-refractivity contribution is 0.469. The molecule has 6 heteroatoms. The maximum absolute atomic E-state index is 10.7. The van der Waals surface area contributed by atoms with E-state index in [1.807, 2.05) is 0 Å². The number of rotatable bonds is 1. The average molecular weight is 251 g/mol. The summed E-state index contributed by atoms with van der Waals surface area (Å²) in [5.74, 6) is 0. The number of furan rings is 1. The van der Waals surface area contributed by atoms with Gasteiger partial charge in [-0.25, -0.2) is 4.21 Å². The van der Waals surface area contributed by atoms with Crippen LogP contribution in [0, 0.1) is 0 Å². The van der Waals surface area contributed by atoms with Gasteiger partial charge >= 0.3 is 0 Å². The van der Waals surface area contributed by atoms with Gasteiger partial charge < -0.3 is 4.42 Å². The molecule has 0 bridgehead atoms. The van der Waals surface area contributed by atoms with Crippen molar-refractivity contribution in [1.29, 1.82) is 0 Å². The smallest absolute Gasteiger partial charge is 0.223 e. The van der Waals surface area contributed by atoms with E-state index in [1.165, 1.54) is 6.07 Å². The highest BCUT2D eigenvalue weighted by Gasteiger charge is 2.12. The normalized spacial score (nSPS) is 13.4. The SMILES string of the molecule is O=S(O)c1cc2c(Cl)c(Cl)ccc2o1. The Morgan fingerprint density at radius 1 is 1.36 bits per heavy atom. The zero-order valence-electron chi connectivity index (χ0n) is 6.66. The molecule has 1 atom stereocenters. The van der Waals surface area contributed by atoms with Crippen molar-refractivity contribution in [3.63, 3.8) is 0 Å². The predicted molar refractivity (Wildman–Crippen MR) is 55.3 cm³/mol. The van der Waals surface area contributed by atoms with Gasteiger partial charge in [-0.1, -0.05) is 23.2 Å². The average Bonchev–Trinajstić information content (AvgIpc) is 2.56. The summed E-state index contributed by atoms with van der Waals surface area (Å²) in [5, 5.41) is 1.21. The van der Waals surface area contributed by atoms with Gasteiger partial charge in [0.1, 0.15) is 5.58 Å². The van der Waals surface area contributed by atoms with Gasteiger partial charge in [0.25, 0.3) is 0 Å². The van der Waals surface area contributed by atoms with Crippen LogP contribution in [0.2, 0.25) is 10.0 Å². The molecular formula is C8H4Cl2O3S. The van der Waals surface area contributed by atoms with E-state index in [2.05, 4.69) is 0 Å². The molecule has 1 heterocycles. The van der Waals surface area contributed by atoms with Crippen LogP contribution in [-0.2, 0) is 11.1 Å². The topological polar surface area (TPSA) is 50.4 Å². The monoisotopic (exact) mass is 250 g/mol. The van der Waals surface area contributed by atoms with Crippen LogP contribution >= 0.6 is 23.2 Å². The Kier molecular flexibility index (Phi) is 2.53. The first-order valence-corrected chi connectivity index (χ1v) is 5.44. The summed E-state index contributed by atoms with van der Waals surface area (Å²) in [6, 6.07) is 4.57. The van der Waals surface area contributed by atoms with Gasteiger partial charge in [0.2, 0.25) is 16.2 Å². The van der Waals surface area contributed by atoms with Crippen molar-refractivity contribution in [3.8, 4) is 0 Å². The summed E-state index contributed by atoms with van der Waals surface area (Å²) in [5.41, 5.74) is 0.441. The van der Waals surface area contributed by atoms with Gasteiger partial charge in [0.15, 0.2) is 0 Å². The first kappa shape index (κ1) is 9.98. The van der Waals surface area contributed by atoms with E-state index >= 15 is 0 Å². The first-order chi connectivity index (χ1) is 6.59. The largest absolute Gasteiger partial charge is 0.445 e. The molecule has 3 nitrogen and oxygen atoms in total. The number of fused-ring (bicyclic) bond motifs is 1. The fourth-order valence-electron chi connectivity index (χ4n) is 1.11. The fourth-order valence-corrected chi connectivity index (χ4v) is 1.87. The lowest BCUT2D eigenvalue weighted by Crippen LogP contribution is -1.81. The van der Waals surface area contributed by atoms with Gasteiger partial charge in [-0.05, 0) is 12.1 Å². The van der Waals surface area contributed by atoms with Gasteiger partial charge in [0.05, 0.1) is 10.0 Å². The molecular weight excluding hydrogens is 247 g/mol. The highest BCUT2D eigenvalue weighted by Crippen LogP contribution is 2.33. The van der Waals surface area contributed by atoms with E-state index in [-0.39, 0.29) is 5.09 Å². The minimum Gasteiger partial charge on any atom is -0.445 e. The lowest BCUT2D eigenvalue weighted by atomic mass is 10.2. The quantitative estimate of drug-likeness (QED) is 0.791. The first-order valence-electron chi connectivity index (χ1n) is 3.58. The number of hydrogen-bond donors (Lipinski definition) is 1. The molecule has 0 aliphatic heterocycles. The second-order valence-corrected chi connectivity index (χ2v) is 4.27. The van der Waals surface area contributed by atoms with Crippen molar-refractivity contribution in [1.82, 2.24) is 0 Å². The molecule has 74 valence electrons. The zero-order valence-corrected chi connectivity index (χ0v) is 8.99. The number of halogens is 2. The molecule has 0 amide bonds. The van der Waals surface area contributed by atoms with Crippen LogP contribution < -0.4 is 0 Å². The molecule has 0 radical (unpaired) electrons. The Labute approximate surface area is 91.9 Å². The molecule has 1 unspecified atom stereocenters. The Balaban J connectivity index is 2.77. The van der Waals surface area contributed by atoms with Gasteiger partial charge in [-0.15, -0.1) is 0 Å². The third-order valence-electron chi connectivity index (χ3n) is 1.74. The molecule has 0 spiro atoms. The van der Waals surface area contributed by atoms with Crippen LogP contribution in [0.3, 0.4) is 0 Å². The molecule has 0 saturated carbocycles. The van der Waals surface area contributed by atoms with Crippen molar-refractivity contribution in [2.24, 2.45) is 0 Å². The number of benzene rings is 1. The Morgan fingerprint density at radius 2 is 2.07 bits per heavy atom. The van der Waals surface area contributed by atoms with E-state index in [9.17, 15) is 4.21 Å². The second-order valence-electron chi connectivity index (χ2n) is 2.59. The van der Waals surface area contributed by atoms with Crippen molar-refractivity contribution in [2.45, 2.75) is 5.09 Å². The van der Waals surface area contributed by atoms with Crippen molar-refractivity contribution in [2.75, 3.05) is 0 Å². The Morgan fingerprint density at radius 3 is 2.71 bits per heavy atom. The van der Waals surface area contributed by atoms with Crippen molar-refractivity contribution >= 4 is 45.3 Å². The van der Waals surface area contributed by atoms with E-state index < -0.39 is 11.1 Å². The second kappa shape index (κ2) is 3.55. The Hall–Kier alpha value is -0.550. The summed E-state index contributed by atoms with van der Waals surface area (Å²) in [7, 11) is 0. The van der Waals surface area contributed by atoms with Gasteiger partial charge in [0, 0.05) is 11.5 Å². The van der Waals surface area contributed by atoms with Crippen LogP contribution in [0.4, 0.5) is 0 Å². The molecule has 1 aromatic carbocycles. The molecule has 1 aromatic heterocycles. The summed E-state index contributed by atoms with van der Waals surface area (Å²) in [6.45, 7) is 0. The summed E-state index contributed by atoms with van der Waals surface area (Å²) in [4.78, 5) is 0. The van der Waals surface area contributed by atoms with Crippen molar-refractivity contribution in [3.05, 3.63) is 28.2 Å². The van der Waals surface area contributed by atoms with E-state index in [4.69, 9.17) is 32.2 Å². The summed E-state index contributed by atoms with van der Waals surface area (Å²) in [6.07, 6.45) is 0. The zero-order chi connectivity index (χ0) is 10.3. The lowest BCUT2D eigenvalue weighted by Gasteiger charge is -1.93. The third-order valence-corrected chi connectivity index (χ3v) is 3.10. The molecule has 0 fully saturated rings. The third kappa shape index (κ3) is 1.54. The summed E-state index contributed by atoms with van der Waals surface area (Å²) >= 11 is 9.49. The molecule has 0 saturated heterocycles. The van der Waals surface area contributed by atoms with Crippen LogP contribution in [-0.4, -0.2) is 8.76 Å². The van der Waals surface area contributed by atoms with Gasteiger partial charge in [-0.2, -0.15) is 0 Å². The van der Waals surface area contributed by atoms with Crippen LogP contribution in [0.1, 0.15) is 0 Å². The molecule has 1 N–H and O–H groups in total. The number of hydrogen-bond acceptors (Lipinski definition) is 2. The van der Waals surface area contributed by atoms with Crippen molar-refractivity contribution < 1.29 is 13.2 Å². The fraction of sp³-hybridized carbons (Fsp3) is 0. The molecule has 0 aliphatic rings. The van der Waals surface area contributed by atoms with E-state index in [1.54, 1.807) is 12.1 Å². The maximum Gasteiger partial charge on any atom is 0.223 e. The molecule has 2 aromatic rings. The minimum atomic E-state index is -2.14.